The Kier molecular flexibility index (Phi) is 5.46. The lowest BCUT2D eigenvalue weighted by molar-refractivity contribution is -0.132. The van der Waals surface area contributed by atoms with Crippen LogP contribution in [0.2, 0.25) is 0 Å². The zero-order valence-electron chi connectivity index (χ0n) is 17.3. The number of likely N-dealkylation sites (tertiary alicyclic amines) is 1. The van der Waals surface area contributed by atoms with Gasteiger partial charge in [-0.1, -0.05) is 42.0 Å². The summed E-state index contributed by atoms with van der Waals surface area (Å²) in [5, 5.41) is 2.04. The summed E-state index contributed by atoms with van der Waals surface area (Å²) in [6.45, 7) is 3.76. The second-order valence-corrected chi connectivity index (χ2v) is 9.52. The summed E-state index contributed by atoms with van der Waals surface area (Å²) in [5.41, 5.74) is 5.02. The van der Waals surface area contributed by atoms with E-state index in [2.05, 4.69) is 36.2 Å². The van der Waals surface area contributed by atoms with Crippen LogP contribution < -0.4 is 0 Å². The monoisotopic (exact) mass is 449 g/mol. The molecule has 5 rings (SSSR count). The van der Waals surface area contributed by atoms with Crippen LogP contribution in [0, 0.1) is 10.9 Å². The molecule has 1 saturated heterocycles. The van der Waals surface area contributed by atoms with Gasteiger partial charge in [-0.15, -0.1) is 11.3 Å². The van der Waals surface area contributed by atoms with Gasteiger partial charge in [-0.2, -0.15) is 0 Å². The fourth-order valence-corrected chi connectivity index (χ4v) is 5.18. The predicted molar refractivity (Wildman–Crippen MR) is 126 cm³/mol. The average molecular weight is 450 g/mol. The van der Waals surface area contributed by atoms with Gasteiger partial charge in [0.1, 0.15) is 12.1 Å². The van der Waals surface area contributed by atoms with Gasteiger partial charge in [-0.05, 0) is 49.7 Å². The van der Waals surface area contributed by atoms with Crippen LogP contribution in [0.15, 0.2) is 58.3 Å². The predicted octanol–water partition coefficient (Wildman–Crippen LogP) is 5.80. The molecular weight excluding hydrogens is 426 g/mol. The fourth-order valence-electron chi connectivity index (χ4n) is 4.11. The maximum atomic E-state index is 13.1. The fraction of sp³-hybridized carbons (Fsp3) is 0.292. The number of aryl methyl sites for hydroxylation is 1. The van der Waals surface area contributed by atoms with Gasteiger partial charge < -0.3 is 13.9 Å². The zero-order valence-corrected chi connectivity index (χ0v) is 18.9. The van der Waals surface area contributed by atoms with Crippen molar-refractivity contribution in [2.75, 3.05) is 13.1 Å². The molecule has 3 heterocycles. The van der Waals surface area contributed by atoms with Gasteiger partial charge in [0.15, 0.2) is 15.4 Å². The number of piperidine rings is 1. The Balaban J connectivity index is 1.27. The third kappa shape index (κ3) is 4.07. The van der Waals surface area contributed by atoms with Gasteiger partial charge >= 0.3 is 0 Å². The number of amides is 1. The molecule has 0 unspecified atom stereocenters. The lowest BCUT2D eigenvalue weighted by Gasteiger charge is -2.31. The number of rotatable bonds is 4. The average Bonchev–Trinajstić information content (AvgIpc) is 3.38. The van der Waals surface area contributed by atoms with Crippen molar-refractivity contribution in [2.45, 2.75) is 32.2 Å². The van der Waals surface area contributed by atoms with E-state index in [-0.39, 0.29) is 18.4 Å². The van der Waals surface area contributed by atoms with E-state index in [0.717, 1.165) is 45.0 Å². The van der Waals surface area contributed by atoms with Crippen molar-refractivity contribution in [1.29, 1.82) is 0 Å². The van der Waals surface area contributed by atoms with Gasteiger partial charge in [0.2, 0.25) is 5.91 Å². The molecule has 1 aliphatic rings. The second-order valence-electron chi connectivity index (χ2n) is 8.01. The largest absolute Gasteiger partial charge is 0.440 e. The first kappa shape index (κ1) is 20.2. The molecule has 0 aliphatic carbocycles. The van der Waals surface area contributed by atoms with Crippen LogP contribution in [0.1, 0.15) is 30.2 Å². The van der Waals surface area contributed by atoms with Crippen LogP contribution in [-0.4, -0.2) is 33.4 Å². The van der Waals surface area contributed by atoms with Gasteiger partial charge in [0, 0.05) is 24.4 Å². The standard InChI is InChI=1S/C24H23N3O2S2/c1-16-6-8-17(9-7-16)20-15-31-24(30)27(20)14-22(28)26-12-10-18(11-13-26)23-25-19-4-2-3-5-21(19)29-23/h2-9,15,18H,10-14H2,1H3. The molecule has 0 radical (unpaired) electrons. The maximum Gasteiger partial charge on any atom is 0.242 e. The summed E-state index contributed by atoms with van der Waals surface area (Å²) in [5.74, 6) is 1.15. The third-order valence-corrected chi connectivity index (χ3v) is 7.20. The highest BCUT2D eigenvalue weighted by atomic mass is 32.1. The van der Waals surface area contributed by atoms with Crippen molar-refractivity contribution >= 4 is 40.6 Å². The van der Waals surface area contributed by atoms with Gasteiger partial charge in [0.05, 0.1) is 5.69 Å². The minimum Gasteiger partial charge on any atom is -0.440 e. The molecule has 0 N–H and O–H groups in total. The van der Waals surface area contributed by atoms with Gasteiger partial charge in [-0.3, -0.25) is 4.79 Å². The van der Waals surface area contributed by atoms with Crippen LogP contribution >= 0.6 is 23.6 Å². The topological polar surface area (TPSA) is 51.3 Å². The number of hydrogen-bond donors (Lipinski definition) is 0. The number of fused-ring (bicyclic) bond motifs is 1. The summed E-state index contributed by atoms with van der Waals surface area (Å²) >= 11 is 7.03. The van der Waals surface area contributed by atoms with E-state index in [9.17, 15) is 4.79 Å². The molecule has 158 valence electrons. The quantitative estimate of drug-likeness (QED) is 0.369. The number of hydrogen-bond acceptors (Lipinski definition) is 5. The molecule has 7 heteroatoms. The lowest BCUT2D eigenvalue weighted by atomic mass is 9.97. The van der Waals surface area contributed by atoms with E-state index in [1.54, 1.807) is 0 Å². The molecule has 1 fully saturated rings. The molecule has 0 bridgehead atoms. The Morgan fingerprint density at radius 2 is 1.90 bits per heavy atom. The van der Waals surface area contributed by atoms with Crippen molar-refractivity contribution < 1.29 is 9.21 Å². The Hall–Kier alpha value is -2.77. The van der Waals surface area contributed by atoms with Crippen LogP contribution in [0.4, 0.5) is 0 Å². The van der Waals surface area contributed by atoms with Crippen molar-refractivity contribution in [1.82, 2.24) is 14.5 Å². The highest BCUT2D eigenvalue weighted by Gasteiger charge is 2.27. The van der Waals surface area contributed by atoms with Crippen LogP contribution in [0.3, 0.4) is 0 Å². The molecule has 1 amide bonds. The summed E-state index contributed by atoms with van der Waals surface area (Å²) in [6, 6.07) is 16.2. The Morgan fingerprint density at radius 1 is 1.16 bits per heavy atom. The molecule has 1 aliphatic heterocycles. The minimum atomic E-state index is 0.110. The number of thiazole rings is 1. The number of benzene rings is 2. The number of carbonyl (C=O) groups excluding carboxylic acids is 1. The first-order valence-corrected chi connectivity index (χ1v) is 11.8. The Labute approximate surface area is 190 Å². The number of nitrogens with zero attached hydrogens (tertiary/aromatic N) is 3. The normalized spacial score (nSPS) is 14.9. The molecule has 0 atom stereocenters. The molecule has 31 heavy (non-hydrogen) atoms. The van der Waals surface area contributed by atoms with E-state index >= 15 is 0 Å². The van der Waals surface area contributed by atoms with Crippen LogP contribution in [0.25, 0.3) is 22.4 Å². The minimum absolute atomic E-state index is 0.110. The zero-order chi connectivity index (χ0) is 21.4. The van der Waals surface area contributed by atoms with E-state index < -0.39 is 0 Å². The lowest BCUT2D eigenvalue weighted by Crippen LogP contribution is -2.39. The summed E-state index contributed by atoms with van der Waals surface area (Å²) in [7, 11) is 0. The first-order valence-electron chi connectivity index (χ1n) is 10.5. The first-order chi connectivity index (χ1) is 15.1. The van der Waals surface area contributed by atoms with Gasteiger partial charge in [0.25, 0.3) is 0 Å². The van der Waals surface area contributed by atoms with E-state index in [4.69, 9.17) is 16.6 Å². The van der Waals surface area contributed by atoms with Crippen molar-refractivity contribution in [3.63, 3.8) is 0 Å². The van der Waals surface area contributed by atoms with Crippen molar-refractivity contribution in [3.05, 3.63) is 69.3 Å². The third-order valence-electron chi connectivity index (χ3n) is 5.93. The summed E-state index contributed by atoms with van der Waals surface area (Å²) in [4.78, 5) is 19.6. The molecule has 5 nitrogen and oxygen atoms in total. The van der Waals surface area contributed by atoms with Crippen molar-refractivity contribution in [2.24, 2.45) is 0 Å². The summed E-state index contributed by atoms with van der Waals surface area (Å²) in [6.07, 6.45) is 1.72. The molecule has 4 aromatic rings. The highest BCUT2D eigenvalue weighted by molar-refractivity contribution is 7.73. The molecular formula is C24H23N3O2S2. The Bertz CT molecular complexity index is 1250. The van der Waals surface area contributed by atoms with Crippen LogP contribution in [-0.2, 0) is 11.3 Å². The summed E-state index contributed by atoms with van der Waals surface area (Å²) < 4.78 is 8.63. The van der Waals surface area contributed by atoms with Gasteiger partial charge in [-0.25, -0.2) is 4.98 Å². The van der Waals surface area contributed by atoms with E-state index in [1.165, 1.54) is 16.9 Å². The molecule has 0 spiro atoms. The molecule has 0 saturated carbocycles. The Morgan fingerprint density at radius 3 is 2.65 bits per heavy atom. The number of aromatic nitrogens is 2. The van der Waals surface area contributed by atoms with E-state index in [1.807, 2.05) is 39.1 Å². The maximum absolute atomic E-state index is 13.1. The number of oxazole rings is 1. The van der Waals surface area contributed by atoms with Crippen molar-refractivity contribution in [3.8, 4) is 11.3 Å². The molecule has 2 aromatic carbocycles. The highest BCUT2D eigenvalue weighted by Crippen LogP contribution is 2.30. The molecule has 2 aromatic heterocycles. The number of para-hydroxylation sites is 2. The smallest absolute Gasteiger partial charge is 0.242 e. The SMILES string of the molecule is Cc1ccc(-c2csc(=S)n2CC(=O)N2CCC(c3nc4ccccc4o3)CC2)cc1. The van der Waals surface area contributed by atoms with Crippen LogP contribution in [0.5, 0.6) is 0 Å². The van der Waals surface area contributed by atoms with E-state index in [0.29, 0.717) is 13.1 Å². The second kappa shape index (κ2) is 8.40. The number of carbonyl (C=O) groups is 1.